The molecule has 142 valence electrons. The summed E-state index contributed by atoms with van der Waals surface area (Å²) in [5.41, 5.74) is 0.882. The molecule has 1 aromatic heterocycles. The molecule has 2 N–H and O–H groups in total. The number of ketones is 1. The smallest absolute Gasteiger partial charge is 0.356 e. The number of imide groups is 1. The van der Waals surface area contributed by atoms with E-state index in [1.807, 2.05) is 0 Å². The molecule has 3 amide bonds. The van der Waals surface area contributed by atoms with E-state index in [9.17, 15) is 19.2 Å². The third-order valence-corrected chi connectivity index (χ3v) is 3.76. The van der Waals surface area contributed by atoms with Gasteiger partial charge in [-0.25, -0.2) is 9.59 Å². The highest BCUT2D eigenvalue weighted by atomic mass is 16.5. The van der Waals surface area contributed by atoms with Crippen LogP contribution in [0.4, 0.5) is 4.79 Å². The Morgan fingerprint density at radius 3 is 2.37 bits per heavy atom. The van der Waals surface area contributed by atoms with Crippen LogP contribution in [0.5, 0.6) is 0 Å². The summed E-state index contributed by atoms with van der Waals surface area (Å²) in [7, 11) is 1.59. The first-order valence-corrected chi connectivity index (χ1v) is 8.35. The molecule has 0 radical (unpaired) electrons. The Kier molecular flexibility index (Phi) is 6.48. The van der Waals surface area contributed by atoms with E-state index in [1.165, 1.54) is 23.8 Å². The molecule has 0 bridgehead atoms. The normalized spacial score (nSPS) is 11.4. The van der Waals surface area contributed by atoms with Crippen molar-refractivity contribution in [3.8, 4) is 0 Å². The van der Waals surface area contributed by atoms with Gasteiger partial charge in [-0.3, -0.25) is 14.9 Å². The number of benzene rings is 1. The van der Waals surface area contributed by atoms with E-state index >= 15 is 0 Å². The standard InChI is InChI=1S/C19H21N3O5/c1-4-20-19(26)21-17(24)16(13-8-6-5-7-9-13)27-18(25)15-10-14(12(2)23)11-22(15)3/h5-11,16H,4H2,1-3H3,(H2,20,21,24,26)/t16-/m0/s1. The molecule has 1 atom stereocenters. The summed E-state index contributed by atoms with van der Waals surface area (Å²) in [5, 5.41) is 4.59. The number of nitrogens with zero attached hydrogens (tertiary/aromatic N) is 1. The minimum atomic E-state index is -1.32. The van der Waals surface area contributed by atoms with Crippen LogP contribution in [0.3, 0.4) is 0 Å². The van der Waals surface area contributed by atoms with Gasteiger partial charge in [-0.15, -0.1) is 0 Å². The SMILES string of the molecule is CCNC(=O)NC(=O)[C@@H](OC(=O)c1cc(C(C)=O)cn1C)c1ccccc1. The number of ether oxygens (including phenoxy) is 1. The molecular weight excluding hydrogens is 350 g/mol. The monoisotopic (exact) mass is 371 g/mol. The van der Waals surface area contributed by atoms with Gasteiger partial charge in [-0.05, 0) is 19.9 Å². The molecule has 2 aromatic rings. The van der Waals surface area contributed by atoms with Crippen LogP contribution in [-0.4, -0.2) is 34.8 Å². The number of esters is 1. The topological polar surface area (TPSA) is 106 Å². The number of hydrogen-bond donors (Lipinski definition) is 2. The molecular formula is C19H21N3O5. The van der Waals surface area contributed by atoms with Gasteiger partial charge < -0.3 is 14.6 Å². The highest BCUT2D eigenvalue weighted by molar-refractivity contribution is 6.00. The molecule has 0 saturated heterocycles. The number of amides is 3. The van der Waals surface area contributed by atoms with Crippen molar-refractivity contribution in [1.82, 2.24) is 15.2 Å². The Labute approximate surface area is 156 Å². The highest BCUT2D eigenvalue weighted by Gasteiger charge is 2.28. The average molecular weight is 371 g/mol. The van der Waals surface area contributed by atoms with Crippen molar-refractivity contribution in [3.63, 3.8) is 0 Å². The van der Waals surface area contributed by atoms with Gasteiger partial charge in [0.25, 0.3) is 5.91 Å². The Bertz CT molecular complexity index is 857. The summed E-state index contributed by atoms with van der Waals surface area (Å²) in [5.74, 6) is -1.76. The maximum absolute atomic E-state index is 12.6. The Morgan fingerprint density at radius 1 is 1.15 bits per heavy atom. The number of hydrogen-bond acceptors (Lipinski definition) is 5. The average Bonchev–Trinajstić information content (AvgIpc) is 3.02. The largest absolute Gasteiger partial charge is 0.443 e. The van der Waals surface area contributed by atoms with E-state index < -0.39 is 24.0 Å². The first-order valence-electron chi connectivity index (χ1n) is 8.35. The first-order chi connectivity index (χ1) is 12.8. The van der Waals surface area contributed by atoms with Crippen molar-refractivity contribution < 1.29 is 23.9 Å². The van der Waals surface area contributed by atoms with Gasteiger partial charge >= 0.3 is 12.0 Å². The molecule has 0 fully saturated rings. The second kappa shape index (κ2) is 8.79. The van der Waals surface area contributed by atoms with E-state index in [4.69, 9.17) is 4.74 Å². The van der Waals surface area contributed by atoms with E-state index in [1.54, 1.807) is 44.3 Å². The number of urea groups is 1. The fourth-order valence-corrected chi connectivity index (χ4v) is 2.41. The summed E-state index contributed by atoms with van der Waals surface area (Å²) < 4.78 is 6.82. The van der Waals surface area contributed by atoms with Crippen molar-refractivity contribution in [3.05, 3.63) is 59.4 Å². The van der Waals surface area contributed by atoms with Crippen molar-refractivity contribution in [1.29, 1.82) is 0 Å². The lowest BCUT2D eigenvalue weighted by molar-refractivity contribution is -0.129. The van der Waals surface area contributed by atoms with Crippen LogP contribution in [0.25, 0.3) is 0 Å². The third kappa shape index (κ3) is 5.04. The summed E-state index contributed by atoms with van der Waals surface area (Å²) >= 11 is 0. The Morgan fingerprint density at radius 2 is 1.81 bits per heavy atom. The molecule has 0 aliphatic carbocycles. The van der Waals surface area contributed by atoms with Crippen LogP contribution in [-0.2, 0) is 16.6 Å². The molecule has 1 aromatic carbocycles. The molecule has 2 rings (SSSR count). The molecule has 0 spiro atoms. The first kappa shape index (κ1) is 19.9. The van der Waals surface area contributed by atoms with Crippen molar-refractivity contribution in [2.75, 3.05) is 6.54 Å². The van der Waals surface area contributed by atoms with Gasteiger partial charge in [0, 0.05) is 30.9 Å². The third-order valence-electron chi connectivity index (χ3n) is 3.76. The van der Waals surface area contributed by atoms with Crippen LogP contribution in [0.15, 0.2) is 42.6 Å². The zero-order chi connectivity index (χ0) is 20.0. The van der Waals surface area contributed by atoms with Gasteiger partial charge in [-0.1, -0.05) is 30.3 Å². The Hall–Kier alpha value is -3.42. The van der Waals surface area contributed by atoms with Crippen LogP contribution < -0.4 is 10.6 Å². The molecule has 0 saturated carbocycles. The molecule has 0 unspecified atom stereocenters. The minimum Gasteiger partial charge on any atom is -0.443 e. The van der Waals surface area contributed by atoms with Crippen LogP contribution in [0, 0.1) is 0 Å². The number of aryl methyl sites for hydroxylation is 1. The Balaban J connectivity index is 2.26. The highest BCUT2D eigenvalue weighted by Crippen LogP contribution is 2.20. The fraction of sp³-hybridized carbons (Fsp3) is 0.263. The zero-order valence-corrected chi connectivity index (χ0v) is 15.3. The van der Waals surface area contributed by atoms with E-state index in [0.29, 0.717) is 17.7 Å². The number of carbonyl (C=O) groups is 4. The van der Waals surface area contributed by atoms with Crippen molar-refractivity contribution >= 4 is 23.7 Å². The van der Waals surface area contributed by atoms with Gasteiger partial charge in [0.2, 0.25) is 6.10 Å². The summed E-state index contributed by atoms with van der Waals surface area (Å²) in [6, 6.07) is 9.06. The summed E-state index contributed by atoms with van der Waals surface area (Å²) in [6.45, 7) is 3.43. The number of Topliss-reactive ketones (excluding diaryl/α,β-unsaturated/α-hetero) is 1. The second-order valence-electron chi connectivity index (χ2n) is 5.83. The molecule has 0 aliphatic heterocycles. The summed E-state index contributed by atoms with van der Waals surface area (Å²) in [6.07, 6.45) is 0.183. The maximum atomic E-state index is 12.6. The lowest BCUT2D eigenvalue weighted by Gasteiger charge is -2.17. The molecule has 8 heteroatoms. The maximum Gasteiger partial charge on any atom is 0.356 e. The van der Waals surface area contributed by atoms with Gasteiger partial charge in [0.1, 0.15) is 5.69 Å². The van der Waals surface area contributed by atoms with E-state index in [-0.39, 0.29) is 11.5 Å². The molecule has 8 nitrogen and oxygen atoms in total. The molecule has 27 heavy (non-hydrogen) atoms. The van der Waals surface area contributed by atoms with Gasteiger partial charge in [-0.2, -0.15) is 0 Å². The van der Waals surface area contributed by atoms with Crippen LogP contribution >= 0.6 is 0 Å². The zero-order valence-electron chi connectivity index (χ0n) is 15.3. The van der Waals surface area contributed by atoms with Crippen molar-refractivity contribution in [2.24, 2.45) is 7.05 Å². The predicted molar refractivity (Wildman–Crippen MR) is 97.2 cm³/mol. The quantitative estimate of drug-likeness (QED) is 0.596. The van der Waals surface area contributed by atoms with Crippen molar-refractivity contribution in [2.45, 2.75) is 20.0 Å². The van der Waals surface area contributed by atoms with Gasteiger partial charge in [0.05, 0.1) is 0 Å². The number of nitrogens with one attached hydrogen (secondary N) is 2. The van der Waals surface area contributed by atoms with Crippen LogP contribution in [0.2, 0.25) is 0 Å². The second-order valence-corrected chi connectivity index (χ2v) is 5.83. The minimum absolute atomic E-state index is 0.118. The van der Waals surface area contributed by atoms with E-state index in [2.05, 4.69) is 10.6 Å². The molecule has 0 aliphatic rings. The number of carbonyl (C=O) groups excluding carboxylic acids is 4. The van der Waals surface area contributed by atoms with Crippen LogP contribution in [0.1, 0.15) is 46.4 Å². The lowest BCUT2D eigenvalue weighted by Crippen LogP contribution is -2.42. The predicted octanol–water partition coefficient (Wildman–Crippen LogP) is 1.97. The fourth-order valence-electron chi connectivity index (χ4n) is 2.41. The number of rotatable bonds is 6. The van der Waals surface area contributed by atoms with E-state index in [0.717, 1.165) is 0 Å². The van der Waals surface area contributed by atoms with Gasteiger partial charge in [0.15, 0.2) is 5.78 Å². The number of aromatic nitrogens is 1. The summed E-state index contributed by atoms with van der Waals surface area (Å²) in [4.78, 5) is 48.2. The molecule has 1 heterocycles. The lowest BCUT2D eigenvalue weighted by atomic mass is 10.1.